The molecule has 0 atom stereocenters. The monoisotopic (exact) mass is 147 g/mol. The first kappa shape index (κ1) is 7.42. The number of nitrogens with one attached hydrogen (secondary N) is 1. The van der Waals surface area contributed by atoms with Crippen molar-refractivity contribution in [1.29, 1.82) is 0 Å². The molecular formula is C7H17NS. The zero-order valence-corrected chi connectivity index (χ0v) is 7.64. The third kappa shape index (κ3) is 1.10. The Morgan fingerprint density at radius 3 is 1.67 bits per heavy atom. The minimum Gasteiger partial charge on any atom is -0.314 e. The fraction of sp³-hybridized carbons (Fsp3) is 1.00. The van der Waals surface area contributed by atoms with E-state index in [4.69, 9.17) is 0 Å². The van der Waals surface area contributed by atoms with E-state index < -0.39 is 0 Å². The molecule has 0 bridgehead atoms. The Morgan fingerprint density at radius 2 is 1.67 bits per heavy atom. The van der Waals surface area contributed by atoms with E-state index in [1.54, 1.807) is 0 Å². The standard InChI is InChI=1S/C7H17NS/c1-7(5-8-6-7)9(2,3)4/h8H,5-6H2,1-4H3. The van der Waals surface area contributed by atoms with Gasteiger partial charge in [-0.05, 0) is 25.7 Å². The molecule has 9 heavy (non-hydrogen) atoms. The highest BCUT2D eigenvalue weighted by atomic mass is 32.3. The smallest absolute Gasteiger partial charge is 0.0218 e. The quantitative estimate of drug-likeness (QED) is 0.584. The van der Waals surface area contributed by atoms with Gasteiger partial charge in [0.1, 0.15) is 0 Å². The first-order valence-corrected chi connectivity index (χ1v) is 6.20. The summed E-state index contributed by atoms with van der Waals surface area (Å²) in [5, 5.41) is 3.33. The summed E-state index contributed by atoms with van der Waals surface area (Å²) in [7, 11) is -0.328. The Labute approximate surface area is 59.5 Å². The Hall–Kier alpha value is 0.310. The third-order valence-electron chi connectivity index (χ3n) is 2.48. The molecule has 1 N–H and O–H groups in total. The highest BCUT2D eigenvalue weighted by molar-refractivity contribution is 8.33. The molecule has 1 aliphatic rings. The van der Waals surface area contributed by atoms with Gasteiger partial charge in [-0.3, -0.25) is 0 Å². The van der Waals surface area contributed by atoms with Crippen LogP contribution in [-0.4, -0.2) is 36.6 Å². The van der Waals surface area contributed by atoms with E-state index >= 15 is 0 Å². The van der Waals surface area contributed by atoms with Crippen LogP contribution in [0, 0.1) is 0 Å². The Balaban J connectivity index is 2.59. The van der Waals surface area contributed by atoms with E-state index in [-0.39, 0.29) is 10.0 Å². The maximum atomic E-state index is 3.33. The van der Waals surface area contributed by atoms with Crippen molar-refractivity contribution in [2.45, 2.75) is 11.7 Å². The summed E-state index contributed by atoms with van der Waals surface area (Å²) < 4.78 is 0.632. The zero-order chi connectivity index (χ0) is 7.12. The molecule has 1 rings (SSSR count). The molecule has 1 nitrogen and oxygen atoms in total. The van der Waals surface area contributed by atoms with Gasteiger partial charge in [-0.25, -0.2) is 10.0 Å². The normalized spacial score (nSPS) is 27.1. The topological polar surface area (TPSA) is 12.0 Å². The fourth-order valence-corrected chi connectivity index (χ4v) is 1.98. The Bertz CT molecular complexity index is 111. The van der Waals surface area contributed by atoms with Gasteiger partial charge < -0.3 is 5.32 Å². The molecule has 0 radical (unpaired) electrons. The Morgan fingerprint density at radius 1 is 1.22 bits per heavy atom. The van der Waals surface area contributed by atoms with Gasteiger partial charge in [0.15, 0.2) is 0 Å². The second-order valence-corrected chi connectivity index (χ2v) is 8.55. The van der Waals surface area contributed by atoms with Crippen LogP contribution in [0.25, 0.3) is 0 Å². The van der Waals surface area contributed by atoms with Gasteiger partial charge in [-0.15, -0.1) is 0 Å². The molecule has 0 aromatic rings. The molecule has 0 aromatic carbocycles. The zero-order valence-electron chi connectivity index (χ0n) is 6.82. The van der Waals surface area contributed by atoms with E-state index in [2.05, 4.69) is 31.0 Å². The lowest BCUT2D eigenvalue weighted by Gasteiger charge is -2.53. The van der Waals surface area contributed by atoms with E-state index in [1.165, 1.54) is 13.1 Å². The number of hydrogen-bond acceptors (Lipinski definition) is 1. The summed E-state index contributed by atoms with van der Waals surface area (Å²) in [5.74, 6) is 0. The molecule has 0 spiro atoms. The minimum absolute atomic E-state index is 0.328. The van der Waals surface area contributed by atoms with E-state index in [0.717, 1.165) is 0 Å². The predicted molar refractivity (Wildman–Crippen MR) is 46.6 cm³/mol. The average molecular weight is 147 g/mol. The van der Waals surface area contributed by atoms with Crippen LogP contribution in [0.15, 0.2) is 0 Å². The van der Waals surface area contributed by atoms with Crippen molar-refractivity contribution >= 4 is 10.0 Å². The van der Waals surface area contributed by atoms with Gasteiger partial charge in [0.05, 0.1) is 0 Å². The SMILES string of the molecule is CC1(S(C)(C)C)CNC1. The van der Waals surface area contributed by atoms with Crippen LogP contribution in [0.2, 0.25) is 0 Å². The molecule has 56 valence electrons. The first-order valence-electron chi connectivity index (χ1n) is 3.34. The lowest BCUT2D eigenvalue weighted by Crippen LogP contribution is -2.59. The van der Waals surface area contributed by atoms with Crippen molar-refractivity contribution in [3.63, 3.8) is 0 Å². The molecule has 2 heteroatoms. The van der Waals surface area contributed by atoms with Gasteiger partial charge in [0.25, 0.3) is 0 Å². The molecule has 0 aromatic heterocycles. The fourth-order valence-electron chi connectivity index (χ4n) is 0.910. The summed E-state index contributed by atoms with van der Waals surface area (Å²) >= 11 is 0. The highest BCUT2D eigenvalue weighted by Gasteiger charge is 2.39. The van der Waals surface area contributed by atoms with Crippen LogP contribution in [-0.2, 0) is 0 Å². The molecule has 1 aliphatic heterocycles. The van der Waals surface area contributed by atoms with Gasteiger partial charge in [-0.2, -0.15) is 0 Å². The van der Waals surface area contributed by atoms with Crippen LogP contribution < -0.4 is 5.32 Å². The second kappa shape index (κ2) is 1.89. The molecule has 0 saturated carbocycles. The van der Waals surface area contributed by atoms with Crippen molar-refractivity contribution in [2.24, 2.45) is 0 Å². The minimum atomic E-state index is -0.328. The van der Waals surface area contributed by atoms with Gasteiger partial charge in [0.2, 0.25) is 0 Å². The van der Waals surface area contributed by atoms with Crippen molar-refractivity contribution in [3.05, 3.63) is 0 Å². The van der Waals surface area contributed by atoms with Crippen LogP contribution in [0.4, 0.5) is 0 Å². The summed E-state index contributed by atoms with van der Waals surface area (Å²) in [5.41, 5.74) is 0. The molecule has 1 heterocycles. The predicted octanol–water partition coefficient (Wildman–Crippen LogP) is 1.04. The molecule has 0 unspecified atom stereocenters. The van der Waals surface area contributed by atoms with Crippen LogP contribution in [0.1, 0.15) is 6.92 Å². The summed E-state index contributed by atoms with van der Waals surface area (Å²) in [6.45, 7) is 4.84. The summed E-state index contributed by atoms with van der Waals surface area (Å²) in [4.78, 5) is 0. The summed E-state index contributed by atoms with van der Waals surface area (Å²) in [6, 6.07) is 0. The largest absolute Gasteiger partial charge is 0.314 e. The summed E-state index contributed by atoms with van der Waals surface area (Å²) in [6.07, 6.45) is 7.19. The van der Waals surface area contributed by atoms with Gasteiger partial charge >= 0.3 is 0 Å². The molecule has 0 aliphatic carbocycles. The average Bonchev–Trinajstić information content (AvgIpc) is 1.57. The van der Waals surface area contributed by atoms with Crippen LogP contribution in [0.5, 0.6) is 0 Å². The molecular weight excluding hydrogens is 130 g/mol. The van der Waals surface area contributed by atoms with Gasteiger partial charge in [-0.1, -0.05) is 0 Å². The second-order valence-electron chi connectivity index (χ2n) is 3.89. The maximum Gasteiger partial charge on any atom is 0.0218 e. The first-order chi connectivity index (χ1) is 3.96. The van der Waals surface area contributed by atoms with Crippen molar-refractivity contribution in [1.82, 2.24) is 5.32 Å². The van der Waals surface area contributed by atoms with Crippen molar-refractivity contribution in [3.8, 4) is 0 Å². The van der Waals surface area contributed by atoms with Crippen LogP contribution >= 0.6 is 10.0 Å². The molecule has 1 fully saturated rings. The molecule has 1 saturated heterocycles. The lowest BCUT2D eigenvalue weighted by molar-refractivity contribution is 0.417. The lowest BCUT2D eigenvalue weighted by atomic mass is 10.1. The van der Waals surface area contributed by atoms with E-state index in [0.29, 0.717) is 4.75 Å². The van der Waals surface area contributed by atoms with E-state index in [1.807, 2.05) is 0 Å². The van der Waals surface area contributed by atoms with Crippen LogP contribution in [0.3, 0.4) is 0 Å². The molecule has 0 amide bonds. The number of rotatable bonds is 1. The van der Waals surface area contributed by atoms with Gasteiger partial charge in [0, 0.05) is 17.8 Å². The van der Waals surface area contributed by atoms with E-state index in [9.17, 15) is 0 Å². The number of hydrogen-bond donors (Lipinski definition) is 1. The Kier molecular flexibility index (Phi) is 1.56. The maximum absolute atomic E-state index is 3.33. The third-order valence-corrected chi connectivity index (χ3v) is 5.72. The van der Waals surface area contributed by atoms with Crippen molar-refractivity contribution in [2.75, 3.05) is 31.9 Å². The van der Waals surface area contributed by atoms with Crippen molar-refractivity contribution < 1.29 is 0 Å². The highest BCUT2D eigenvalue weighted by Crippen LogP contribution is 2.51.